The zero-order chi connectivity index (χ0) is 30.9. The second kappa shape index (κ2) is 11.8. The van der Waals surface area contributed by atoms with Gasteiger partial charge >= 0.3 is 27.7 Å². The minimum atomic E-state index is -6.19. The fourth-order valence-electron chi connectivity index (χ4n) is 4.15. The molecule has 0 radical (unpaired) electrons. The van der Waals surface area contributed by atoms with E-state index in [0.717, 1.165) is 12.1 Å². The first kappa shape index (κ1) is 32.1. The number of nitrogens with one attached hydrogen (secondary N) is 1. The van der Waals surface area contributed by atoms with E-state index in [2.05, 4.69) is 9.50 Å². The Morgan fingerprint density at radius 2 is 1.71 bits per heavy atom. The van der Waals surface area contributed by atoms with Gasteiger partial charge in [0.2, 0.25) is 0 Å². The van der Waals surface area contributed by atoms with E-state index in [4.69, 9.17) is 9.47 Å². The SMILES string of the molecule is CCOC(=O)C[C@H](NC(=O)OC(C)(C)C)c1cc(-c2c(C)cc(F)cc2OS(=O)(=O)C(F)(F)F)cc(C2CC2)c1F. The van der Waals surface area contributed by atoms with E-state index in [1.54, 1.807) is 27.7 Å². The normalized spacial score (nSPS) is 14.8. The summed E-state index contributed by atoms with van der Waals surface area (Å²) in [5, 5.41) is 2.44. The molecule has 0 saturated heterocycles. The van der Waals surface area contributed by atoms with Crippen molar-refractivity contribution in [2.45, 2.75) is 77.0 Å². The van der Waals surface area contributed by atoms with E-state index < -0.39 is 63.1 Å². The second-order valence-corrected chi connectivity index (χ2v) is 12.1. The Hall–Kier alpha value is -3.42. The van der Waals surface area contributed by atoms with Crippen molar-refractivity contribution >= 4 is 22.2 Å². The van der Waals surface area contributed by atoms with Crippen molar-refractivity contribution in [3.8, 4) is 16.9 Å². The number of hydrogen-bond donors (Lipinski definition) is 1. The highest BCUT2D eigenvalue weighted by Gasteiger charge is 2.49. The Morgan fingerprint density at radius 1 is 1.07 bits per heavy atom. The lowest BCUT2D eigenvalue weighted by Crippen LogP contribution is -2.36. The van der Waals surface area contributed by atoms with E-state index in [0.29, 0.717) is 18.9 Å². The van der Waals surface area contributed by atoms with Crippen LogP contribution in [0, 0.1) is 18.6 Å². The molecule has 0 aliphatic heterocycles. The van der Waals surface area contributed by atoms with Gasteiger partial charge in [-0.15, -0.1) is 0 Å². The zero-order valence-corrected chi connectivity index (χ0v) is 23.8. The number of carbonyl (C=O) groups excluding carboxylic acids is 2. The monoisotopic (exact) mass is 607 g/mol. The molecule has 1 aliphatic rings. The number of alkyl halides is 3. The molecule has 8 nitrogen and oxygen atoms in total. The maximum atomic E-state index is 15.9. The third-order valence-electron chi connectivity index (χ3n) is 5.92. The maximum Gasteiger partial charge on any atom is 0.534 e. The average molecular weight is 608 g/mol. The molecule has 1 saturated carbocycles. The first-order valence-corrected chi connectivity index (χ1v) is 14.0. The number of benzene rings is 2. The molecule has 1 aliphatic carbocycles. The lowest BCUT2D eigenvalue weighted by atomic mass is 9.90. The number of ether oxygens (including phenoxy) is 2. The third kappa shape index (κ3) is 8.08. The Morgan fingerprint density at radius 3 is 2.24 bits per heavy atom. The van der Waals surface area contributed by atoms with Crippen molar-refractivity contribution < 1.29 is 53.6 Å². The summed E-state index contributed by atoms with van der Waals surface area (Å²) in [6.45, 7) is 7.62. The van der Waals surface area contributed by atoms with Crippen LogP contribution in [-0.4, -0.2) is 38.2 Å². The van der Waals surface area contributed by atoms with Gasteiger partial charge in [0.15, 0.2) is 5.75 Å². The lowest BCUT2D eigenvalue weighted by Gasteiger charge is -2.25. The number of alkyl carbamates (subject to hydrolysis) is 1. The highest BCUT2D eigenvalue weighted by atomic mass is 32.2. The van der Waals surface area contributed by atoms with Crippen molar-refractivity contribution in [1.29, 1.82) is 0 Å². The minimum Gasteiger partial charge on any atom is -0.466 e. The van der Waals surface area contributed by atoms with Crippen LogP contribution in [0.2, 0.25) is 0 Å². The van der Waals surface area contributed by atoms with Crippen LogP contribution in [0.15, 0.2) is 24.3 Å². The highest BCUT2D eigenvalue weighted by molar-refractivity contribution is 7.88. The largest absolute Gasteiger partial charge is 0.534 e. The molecule has 1 amide bonds. The van der Waals surface area contributed by atoms with Gasteiger partial charge < -0.3 is 19.0 Å². The van der Waals surface area contributed by atoms with Gasteiger partial charge in [-0.2, -0.15) is 21.6 Å². The lowest BCUT2D eigenvalue weighted by molar-refractivity contribution is -0.143. The van der Waals surface area contributed by atoms with Gasteiger partial charge in [-0.05, 0) is 88.3 Å². The molecule has 14 heteroatoms. The summed E-state index contributed by atoms with van der Waals surface area (Å²) in [6.07, 6.45) is -0.361. The van der Waals surface area contributed by atoms with Crippen LogP contribution in [0.5, 0.6) is 5.75 Å². The third-order valence-corrected chi connectivity index (χ3v) is 6.89. The molecular weight excluding hydrogens is 577 g/mol. The molecular formula is C27H30F5NO7S. The number of esters is 1. The van der Waals surface area contributed by atoms with Gasteiger partial charge in [-0.25, -0.2) is 13.6 Å². The molecule has 2 aromatic rings. The molecule has 0 heterocycles. The predicted molar refractivity (Wildman–Crippen MR) is 137 cm³/mol. The number of rotatable bonds is 9. The van der Waals surface area contributed by atoms with E-state index in [1.807, 2.05) is 0 Å². The fourth-order valence-corrected chi connectivity index (χ4v) is 4.61. The molecule has 0 spiro atoms. The summed E-state index contributed by atoms with van der Waals surface area (Å²) in [6, 6.07) is 2.50. The van der Waals surface area contributed by atoms with E-state index in [-0.39, 0.29) is 40.3 Å². The standard InChI is InChI=1S/C27H30F5NO7S/c1-6-38-22(34)13-20(33-25(35)39-26(3,4)5)19-11-16(10-18(24(19)29)15-7-8-15)23-14(2)9-17(28)12-21(23)40-41(36,37)27(30,31)32/h9-12,15,20H,6-8,13H2,1-5H3,(H,33,35)/t20-/m0/s1. The number of aryl methyl sites for hydroxylation is 1. The van der Waals surface area contributed by atoms with Crippen LogP contribution in [0.3, 0.4) is 0 Å². The highest BCUT2D eigenvalue weighted by Crippen LogP contribution is 2.46. The molecule has 0 aromatic heterocycles. The van der Waals surface area contributed by atoms with Crippen LogP contribution in [0.1, 0.15) is 75.6 Å². The summed E-state index contributed by atoms with van der Waals surface area (Å²) < 4.78 is 108. The molecule has 1 atom stereocenters. The Balaban J connectivity index is 2.23. The Bertz CT molecular complexity index is 1430. The second-order valence-electron chi connectivity index (χ2n) is 10.5. The summed E-state index contributed by atoms with van der Waals surface area (Å²) in [5.41, 5.74) is -7.16. The van der Waals surface area contributed by atoms with Gasteiger partial charge in [0.1, 0.15) is 17.2 Å². The van der Waals surface area contributed by atoms with Crippen molar-refractivity contribution in [3.63, 3.8) is 0 Å². The molecule has 0 unspecified atom stereocenters. The number of carbonyl (C=O) groups is 2. The molecule has 0 bridgehead atoms. The van der Waals surface area contributed by atoms with Gasteiger partial charge in [0.25, 0.3) is 0 Å². The summed E-state index contributed by atoms with van der Waals surface area (Å²) >= 11 is 0. The first-order chi connectivity index (χ1) is 18.8. The van der Waals surface area contributed by atoms with Crippen LogP contribution in [0.4, 0.5) is 26.7 Å². The van der Waals surface area contributed by atoms with Gasteiger partial charge in [0.05, 0.1) is 19.1 Å². The Labute approximate surface area is 234 Å². The van der Waals surface area contributed by atoms with Gasteiger partial charge in [0, 0.05) is 17.2 Å². The van der Waals surface area contributed by atoms with Crippen LogP contribution in [0.25, 0.3) is 11.1 Å². The van der Waals surface area contributed by atoms with Crippen LogP contribution in [-0.2, 0) is 24.4 Å². The summed E-state index contributed by atoms with van der Waals surface area (Å²) in [5.74, 6) is -3.91. The van der Waals surface area contributed by atoms with Crippen LogP contribution < -0.4 is 9.50 Å². The maximum absolute atomic E-state index is 15.9. The minimum absolute atomic E-state index is 0.00299. The summed E-state index contributed by atoms with van der Waals surface area (Å²) in [4.78, 5) is 25.0. The van der Waals surface area contributed by atoms with Gasteiger partial charge in [-0.1, -0.05) is 0 Å². The first-order valence-electron chi connectivity index (χ1n) is 12.6. The number of hydrogen-bond acceptors (Lipinski definition) is 7. The Kier molecular flexibility index (Phi) is 9.26. The topological polar surface area (TPSA) is 108 Å². The molecule has 3 rings (SSSR count). The van der Waals surface area contributed by atoms with Crippen molar-refractivity contribution in [1.82, 2.24) is 5.32 Å². The van der Waals surface area contributed by atoms with E-state index >= 15 is 4.39 Å². The zero-order valence-electron chi connectivity index (χ0n) is 22.9. The van der Waals surface area contributed by atoms with Crippen molar-refractivity contribution in [2.75, 3.05) is 6.61 Å². The van der Waals surface area contributed by atoms with Gasteiger partial charge in [-0.3, -0.25) is 4.79 Å². The molecule has 41 heavy (non-hydrogen) atoms. The van der Waals surface area contributed by atoms with Crippen molar-refractivity contribution in [3.05, 3.63) is 52.6 Å². The molecule has 1 N–H and O–H groups in total. The quantitative estimate of drug-likeness (QED) is 0.149. The van der Waals surface area contributed by atoms with E-state index in [1.165, 1.54) is 13.0 Å². The van der Waals surface area contributed by atoms with Crippen molar-refractivity contribution in [2.24, 2.45) is 0 Å². The summed E-state index contributed by atoms with van der Waals surface area (Å²) in [7, 11) is -6.19. The molecule has 1 fully saturated rings. The average Bonchev–Trinajstić information content (AvgIpc) is 3.62. The van der Waals surface area contributed by atoms with Crippen LogP contribution >= 0.6 is 0 Å². The number of halogens is 5. The fraction of sp³-hybridized carbons (Fsp3) is 0.481. The smallest absolute Gasteiger partial charge is 0.466 e. The van der Waals surface area contributed by atoms with E-state index in [9.17, 15) is 35.6 Å². The molecule has 2 aromatic carbocycles. The predicted octanol–water partition coefficient (Wildman–Crippen LogP) is 6.57. The number of amides is 1. The molecule has 226 valence electrons.